The van der Waals surface area contributed by atoms with Crippen LogP contribution in [0, 0.1) is 6.92 Å². The van der Waals surface area contributed by atoms with Gasteiger partial charge in [-0.05, 0) is 35.7 Å². The zero-order chi connectivity index (χ0) is 13.3. The molecule has 1 aromatic rings. The van der Waals surface area contributed by atoms with Crippen LogP contribution in [-0.2, 0) is 0 Å². The van der Waals surface area contributed by atoms with Crippen LogP contribution >= 0.6 is 27.5 Å². The van der Waals surface area contributed by atoms with Crippen molar-refractivity contribution < 1.29 is 8.78 Å². The summed E-state index contributed by atoms with van der Waals surface area (Å²) in [7, 11) is 0. The lowest BCUT2D eigenvalue weighted by Gasteiger charge is -2.28. The molecule has 100 valence electrons. The first-order valence-corrected chi connectivity index (χ1v) is 6.88. The molecule has 0 aromatic carbocycles. The zero-order valence-corrected chi connectivity index (χ0v) is 12.2. The number of hydrogen-bond donors (Lipinski definition) is 1. The number of nitrogens with one attached hydrogen (secondary N) is 1. The fraction of sp³-hybridized carbons (Fsp3) is 0.636. The average Bonchev–Trinajstić information content (AvgIpc) is 2.29. The van der Waals surface area contributed by atoms with Crippen molar-refractivity contribution in [3.63, 3.8) is 0 Å². The topological polar surface area (TPSA) is 37.8 Å². The normalized spacial score (nSPS) is 19.8. The quantitative estimate of drug-likeness (QED) is 0.820. The molecule has 18 heavy (non-hydrogen) atoms. The number of rotatable bonds is 2. The van der Waals surface area contributed by atoms with E-state index < -0.39 is 5.92 Å². The molecule has 1 heterocycles. The standard InChI is InChI=1S/C11H13BrClF2N3/c1-6-8(12)9(13)18-10(16-6)17-7-2-4-11(14,15)5-3-7/h7H,2-5H2,1H3,(H,16,17,18). The van der Waals surface area contributed by atoms with Crippen LogP contribution in [0.5, 0.6) is 0 Å². The molecule has 0 aliphatic heterocycles. The van der Waals surface area contributed by atoms with E-state index in [1.165, 1.54) is 0 Å². The summed E-state index contributed by atoms with van der Waals surface area (Å²) >= 11 is 9.19. The van der Waals surface area contributed by atoms with Crippen molar-refractivity contribution in [3.8, 4) is 0 Å². The Morgan fingerprint density at radius 3 is 2.50 bits per heavy atom. The SMILES string of the molecule is Cc1nc(NC2CCC(F)(F)CC2)nc(Cl)c1Br. The summed E-state index contributed by atoms with van der Waals surface area (Å²) in [5, 5.41) is 3.39. The minimum atomic E-state index is -2.52. The third-order valence-corrected chi connectivity index (χ3v) is 4.48. The van der Waals surface area contributed by atoms with Gasteiger partial charge < -0.3 is 5.32 Å². The molecule has 7 heteroatoms. The molecule has 1 aliphatic carbocycles. The van der Waals surface area contributed by atoms with Crippen LogP contribution in [0.1, 0.15) is 31.4 Å². The van der Waals surface area contributed by atoms with Crippen molar-refractivity contribution in [1.82, 2.24) is 9.97 Å². The van der Waals surface area contributed by atoms with Crippen molar-refractivity contribution in [2.24, 2.45) is 0 Å². The first kappa shape index (κ1) is 13.9. The van der Waals surface area contributed by atoms with Crippen molar-refractivity contribution in [1.29, 1.82) is 0 Å². The highest BCUT2D eigenvalue weighted by atomic mass is 79.9. The van der Waals surface area contributed by atoms with Gasteiger partial charge in [0.25, 0.3) is 0 Å². The summed E-state index contributed by atoms with van der Waals surface area (Å²) < 4.78 is 26.7. The molecular formula is C11H13BrClF2N3. The Kier molecular flexibility index (Phi) is 4.06. The Morgan fingerprint density at radius 1 is 1.33 bits per heavy atom. The molecule has 1 N–H and O–H groups in total. The minimum Gasteiger partial charge on any atom is -0.351 e. The van der Waals surface area contributed by atoms with Gasteiger partial charge in [-0.15, -0.1) is 0 Å². The molecule has 0 amide bonds. The zero-order valence-electron chi connectivity index (χ0n) is 9.81. The Balaban J connectivity index is 2.03. The molecule has 0 saturated heterocycles. The van der Waals surface area contributed by atoms with Gasteiger partial charge >= 0.3 is 0 Å². The maximum Gasteiger partial charge on any atom is 0.248 e. The third-order valence-electron chi connectivity index (χ3n) is 3.03. The van der Waals surface area contributed by atoms with E-state index in [0.717, 1.165) is 5.69 Å². The second-order valence-electron chi connectivity index (χ2n) is 4.51. The Bertz CT molecular complexity index is 423. The van der Waals surface area contributed by atoms with Gasteiger partial charge in [0.15, 0.2) is 0 Å². The predicted molar refractivity (Wildman–Crippen MR) is 70.3 cm³/mol. The van der Waals surface area contributed by atoms with E-state index in [9.17, 15) is 8.78 Å². The van der Waals surface area contributed by atoms with Crippen LogP contribution in [0.2, 0.25) is 5.15 Å². The molecule has 3 nitrogen and oxygen atoms in total. The van der Waals surface area contributed by atoms with Gasteiger partial charge in [-0.3, -0.25) is 0 Å². The van der Waals surface area contributed by atoms with Gasteiger partial charge in [-0.2, -0.15) is 4.98 Å². The summed E-state index contributed by atoms with van der Waals surface area (Å²) in [5.74, 6) is -2.12. The van der Waals surface area contributed by atoms with Gasteiger partial charge in [0.1, 0.15) is 5.15 Å². The van der Waals surface area contributed by atoms with Gasteiger partial charge in [0.05, 0.1) is 10.2 Å². The summed E-state index contributed by atoms with van der Waals surface area (Å²) in [5.41, 5.74) is 0.721. The minimum absolute atomic E-state index is 0.0127. The Morgan fingerprint density at radius 2 is 1.94 bits per heavy atom. The van der Waals surface area contributed by atoms with Crippen LogP contribution in [-0.4, -0.2) is 21.9 Å². The van der Waals surface area contributed by atoms with Crippen molar-refractivity contribution in [2.75, 3.05) is 5.32 Å². The molecule has 0 bridgehead atoms. The highest BCUT2D eigenvalue weighted by Gasteiger charge is 2.35. The number of nitrogens with zero attached hydrogens (tertiary/aromatic N) is 2. The number of anilines is 1. The predicted octanol–water partition coefficient (Wildman–Crippen LogP) is 4.19. The van der Waals surface area contributed by atoms with Crippen LogP contribution in [0.25, 0.3) is 0 Å². The second-order valence-corrected chi connectivity index (χ2v) is 5.66. The maximum atomic E-state index is 13.0. The van der Waals surface area contributed by atoms with E-state index in [1.807, 2.05) is 0 Å². The fourth-order valence-electron chi connectivity index (χ4n) is 1.96. The lowest BCUT2D eigenvalue weighted by Crippen LogP contribution is -2.32. The lowest BCUT2D eigenvalue weighted by molar-refractivity contribution is -0.0361. The van der Waals surface area contributed by atoms with Crippen LogP contribution in [0.3, 0.4) is 0 Å². The first-order valence-electron chi connectivity index (χ1n) is 5.71. The van der Waals surface area contributed by atoms with Crippen molar-refractivity contribution >= 4 is 33.5 Å². The van der Waals surface area contributed by atoms with Gasteiger partial charge in [0.2, 0.25) is 11.9 Å². The molecule has 1 fully saturated rings. The maximum absolute atomic E-state index is 13.0. The van der Waals surface area contributed by atoms with Gasteiger partial charge in [0, 0.05) is 18.9 Å². The number of aromatic nitrogens is 2. The van der Waals surface area contributed by atoms with E-state index in [0.29, 0.717) is 28.4 Å². The van der Waals surface area contributed by atoms with Gasteiger partial charge in [-0.25, -0.2) is 13.8 Å². The first-order chi connectivity index (χ1) is 8.37. The molecule has 1 aromatic heterocycles. The Labute approximate surface area is 117 Å². The van der Waals surface area contributed by atoms with E-state index >= 15 is 0 Å². The fourth-order valence-corrected chi connectivity index (χ4v) is 2.35. The monoisotopic (exact) mass is 339 g/mol. The summed E-state index contributed by atoms with van der Waals surface area (Å²) in [6.07, 6.45) is 0.661. The summed E-state index contributed by atoms with van der Waals surface area (Å²) in [4.78, 5) is 8.30. The molecule has 0 spiro atoms. The highest BCUT2D eigenvalue weighted by molar-refractivity contribution is 9.10. The van der Waals surface area contributed by atoms with E-state index in [2.05, 4.69) is 31.2 Å². The third kappa shape index (κ3) is 3.29. The summed E-state index contributed by atoms with van der Waals surface area (Å²) in [6.45, 7) is 1.80. The summed E-state index contributed by atoms with van der Waals surface area (Å²) in [6, 6.07) is -0.0127. The van der Waals surface area contributed by atoms with E-state index in [4.69, 9.17) is 11.6 Å². The van der Waals surface area contributed by atoms with Crippen LogP contribution in [0.4, 0.5) is 14.7 Å². The van der Waals surface area contributed by atoms with Crippen LogP contribution < -0.4 is 5.32 Å². The second kappa shape index (κ2) is 5.25. The molecule has 0 radical (unpaired) electrons. The van der Waals surface area contributed by atoms with E-state index in [1.54, 1.807) is 6.92 Å². The molecular weight excluding hydrogens is 327 g/mol. The van der Waals surface area contributed by atoms with Crippen molar-refractivity contribution in [3.05, 3.63) is 15.3 Å². The number of alkyl halides is 2. The smallest absolute Gasteiger partial charge is 0.248 e. The molecule has 1 saturated carbocycles. The van der Waals surface area contributed by atoms with Gasteiger partial charge in [-0.1, -0.05) is 11.6 Å². The highest BCUT2D eigenvalue weighted by Crippen LogP contribution is 2.34. The van der Waals surface area contributed by atoms with Crippen molar-refractivity contribution in [2.45, 2.75) is 44.6 Å². The molecule has 1 aliphatic rings. The number of aryl methyl sites for hydroxylation is 1. The lowest BCUT2D eigenvalue weighted by atomic mass is 9.92. The average molecular weight is 341 g/mol. The Hall–Kier alpha value is -0.490. The molecule has 0 atom stereocenters. The van der Waals surface area contributed by atoms with E-state index in [-0.39, 0.29) is 18.9 Å². The molecule has 2 rings (SSSR count). The number of hydrogen-bond acceptors (Lipinski definition) is 3. The molecule has 0 unspecified atom stereocenters. The largest absolute Gasteiger partial charge is 0.351 e. The van der Waals surface area contributed by atoms with Crippen LogP contribution in [0.15, 0.2) is 4.47 Å². The number of halogens is 4.